The van der Waals surface area contributed by atoms with Crippen molar-refractivity contribution in [2.24, 2.45) is 0 Å². The molecule has 0 heterocycles. The van der Waals surface area contributed by atoms with Crippen LogP contribution in [0, 0.1) is 0 Å². The third-order valence-electron chi connectivity index (χ3n) is 4.44. The Kier molecular flexibility index (Phi) is 7.73. The molecule has 0 aliphatic heterocycles. The number of rotatable bonds is 7. The average Bonchev–Trinajstić information content (AvgIpc) is 2.85. The zero-order valence-corrected chi connectivity index (χ0v) is 16.8. The van der Waals surface area contributed by atoms with Gasteiger partial charge in [0.25, 0.3) is 0 Å². The highest BCUT2D eigenvalue weighted by Gasteiger charge is 2.24. The lowest BCUT2D eigenvalue weighted by Gasteiger charge is -2.20. The molecular weight excluding hydrogens is 376 g/mol. The SMILES string of the molecule is CCOc1ccc(S(=O)(=O)N[C@H](C)C(=O)NC2CCCCCC2)cc1Cl. The summed E-state index contributed by atoms with van der Waals surface area (Å²) < 4.78 is 32.8. The molecule has 1 aromatic rings. The highest BCUT2D eigenvalue weighted by molar-refractivity contribution is 7.89. The van der Waals surface area contributed by atoms with Crippen molar-refractivity contribution in [3.63, 3.8) is 0 Å². The van der Waals surface area contributed by atoms with E-state index >= 15 is 0 Å². The Morgan fingerprint density at radius 3 is 2.50 bits per heavy atom. The van der Waals surface area contributed by atoms with Crippen molar-refractivity contribution in [2.75, 3.05) is 6.61 Å². The summed E-state index contributed by atoms with van der Waals surface area (Å²) in [4.78, 5) is 12.4. The molecule has 1 aliphatic rings. The smallest absolute Gasteiger partial charge is 0.241 e. The van der Waals surface area contributed by atoms with Crippen LogP contribution >= 0.6 is 11.6 Å². The zero-order chi connectivity index (χ0) is 19.2. The number of carbonyl (C=O) groups excluding carboxylic acids is 1. The van der Waals surface area contributed by atoms with Crippen molar-refractivity contribution in [3.05, 3.63) is 23.2 Å². The number of halogens is 1. The highest BCUT2D eigenvalue weighted by Crippen LogP contribution is 2.27. The van der Waals surface area contributed by atoms with Crippen LogP contribution in [0.15, 0.2) is 23.1 Å². The van der Waals surface area contributed by atoms with Gasteiger partial charge in [0.2, 0.25) is 15.9 Å². The van der Waals surface area contributed by atoms with Crippen molar-refractivity contribution in [3.8, 4) is 5.75 Å². The fourth-order valence-electron chi connectivity index (χ4n) is 3.03. The van der Waals surface area contributed by atoms with Gasteiger partial charge in [0.15, 0.2) is 0 Å². The van der Waals surface area contributed by atoms with Gasteiger partial charge in [-0.25, -0.2) is 8.42 Å². The first-order valence-electron chi connectivity index (χ1n) is 9.08. The summed E-state index contributed by atoms with van der Waals surface area (Å²) in [5, 5.41) is 3.17. The van der Waals surface area contributed by atoms with Gasteiger partial charge in [0.1, 0.15) is 5.75 Å². The minimum atomic E-state index is -3.86. The molecule has 1 saturated carbocycles. The molecule has 0 spiro atoms. The maximum absolute atomic E-state index is 12.5. The molecule has 1 aliphatic carbocycles. The summed E-state index contributed by atoms with van der Waals surface area (Å²) in [5.41, 5.74) is 0. The van der Waals surface area contributed by atoms with Crippen LogP contribution in [-0.4, -0.2) is 33.0 Å². The zero-order valence-electron chi connectivity index (χ0n) is 15.3. The van der Waals surface area contributed by atoms with Crippen LogP contribution < -0.4 is 14.8 Å². The van der Waals surface area contributed by atoms with Gasteiger partial charge < -0.3 is 10.1 Å². The normalized spacial score (nSPS) is 17.3. The minimum absolute atomic E-state index is 0.0000643. The molecule has 0 aromatic heterocycles. The van der Waals surface area contributed by atoms with E-state index in [0.29, 0.717) is 12.4 Å². The van der Waals surface area contributed by atoms with Gasteiger partial charge >= 0.3 is 0 Å². The van der Waals surface area contributed by atoms with E-state index in [1.807, 2.05) is 6.92 Å². The van der Waals surface area contributed by atoms with Crippen LogP contribution in [0.2, 0.25) is 5.02 Å². The van der Waals surface area contributed by atoms with Crippen LogP contribution in [0.4, 0.5) is 0 Å². The molecule has 0 saturated heterocycles. The van der Waals surface area contributed by atoms with E-state index in [-0.39, 0.29) is 21.9 Å². The van der Waals surface area contributed by atoms with Gasteiger partial charge in [-0.3, -0.25) is 4.79 Å². The van der Waals surface area contributed by atoms with Crippen LogP contribution in [-0.2, 0) is 14.8 Å². The van der Waals surface area contributed by atoms with Gasteiger partial charge in [0, 0.05) is 6.04 Å². The van der Waals surface area contributed by atoms with Gasteiger partial charge in [-0.05, 0) is 44.9 Å². The van der Waals surface area contributed by atoms with Crippen LogP contribution in [0.3, 0.4) is 0 Å². The maximum atomic E-state index is 12.5. The van der Waals surface area contributed by atoms with E-state index in [1.165, 1.54) is 31.0 Å². The van der Waals surface area contributed by atoms with E-state index < -0.39 is 16.1 Å². The third-order valence-corrected chi connectivity index (χ3v) is 6.27. The fraction of sp³-hybridized carbons (Fsp3) is 0.611. The third kappa shape index (κ3) is 5.86. The molecule has 146 valence electrons. The van der Waals surface area contributed by atoms with Crippen LogP contribution in [0.1, 0.15) is 52.4 Å². The molecule has 0 radical (unpaired) electrons. The first kappa shape index (κ1) is 21.0. The standard InChI is InChI=1S/C18H27ClN2O4S/c1-3-25-17-11-10-15(12-16(17)19)26(23,24)21-13(2)18(22)20-14-8-6-4-5-7-9-14/h10-14,21H,3-9H2,1-2H3,(H,20,22)/t13-/m1/s1. The number of sulfonamides is 1. The van der Waals surface area contributed by atoms with Gasteiger partial charge in [0.05, 0.1) is 22.6 Å². The molecule has 6 nitrogen and oxygen atoms in total. The molecule has 1 aromatic carbocycles. The molecule has 2 rings (SSSR count). The van der Waals surface area contributed by atoms with E-state index in [2.05, 4.69) is 10.0 Å². The predicted octanol–water partition coefficient (Wildman–Crippen LogP) is 3.24. The maximum Gasteiger partial charge on any atom is 0.241 e. The topological polar surface area (TPSA) is 84.5 Å². The molecule has 0 bridgehead atoms. The monoisotopic (exact) mass is 402 g/mol. The molecule has 0 unspecified atom stereocenters. The number of amides is 1. The Morgan fingerprint density at radius 2 is 1.92 bits per heavy atom. The molecule has 8 heteroatoms. The Bertz CT molecular complexity index is 716. The van der Waals surface area contributed by atoms with Gasteiger partial charge in [-0.1, -0.05) is 37.3 Å². The summed E-state index contributed by atoms with van der Waals surface area (Å²) in [6.07, 6.45) is 6.45. The Morgan fingerprint density at radius 1 is 1.27 bits per heavy atom. The predicted molar refractivity (Wildman–Crippen MR) is 102 cm³/mol. The summed E-state index contributed by atoms with van der Waals surface area (Å²) in [6.45, 7) is 3.79. The van der Waals surface area contributed by atoms with Gasteiger partial charge in [-0.2, -0.15) is 4.72 Å². The molecule has 1 atom stereocenters. The van der Waals surface area contributed by atoms with Crippen molar-refractivity contribution >= 4 is 27.5 Å². The van der Waals surface area contributed by atoms with E-state index in [9.17, 15) is 13.2 Å². The summed E-state index contributed by atoms with van der Waals surface area (Å²) in [7, 11) is -3.86. The van der Waals surface area contributed by atoms with E-state index in [0.717, 1.165) is 25.7 Å². The lowest BCUT2D eigenvalue weighted by molar-refractivity contribution is -0.123. The van der Waals surface area contributed by atoms with Gasteiger partial charge in [-0.15, -0.1) is 0 Å². The molecule has 1 fully saturated rings. The van der Waals surface area contributed by atoms with Crippen molar-refractivity contribution in [1.29, 1.82) is 0 Å². The minimum Gasteiger partial charge on any atom is -0.492 e. The Hall–Kier alpha value is -1.31. The number of hydrogen-bond acceptors (Lipinski definition) is 4. The number of nitrogens with one attached hydrogen (secondary N) is 2. The Balaban J connectivity index is 2.00. The number of benzene rings is 1. The summed E-state index contributed by atoms with van der Waals surface area (Å²) >= 11 is 6.06. The van der Waals surface area contributed by atoms with Crippen LogP contribution in [0.25, 0.3) is 0 Å². The summed E-state index contributed by atoms with van der Waals surface area (Å²) in [6, 6.07) is 3.50. The number of hydrogen-bond donors (Lipinski definition) is 2. The molecule has 26 heavy (non-hydrogen) atoms. The lowest BCUT2D eigenvalue weighted by atomic mass is 10.1. The molecule has 1 amide bonds. The largest absolute Gasteiger partial charge is 0.492 e. The lowest BCUT2D eigenvalue weighted by Crippen LogP contribution is -2.47. The molecular formula is C18H27ClN2O4S. The fourth-order valence-corrected chi connectivity index (χ4v) is 4.55. The second-order valence-electron chi connectivity index (χ2n) is 6.57. The number of carbonyl (C=O) groups is 1. The van der Waals surface area contributed by atoms with Crippen LogP contribution in [0.5, 0.6) is 5.75 Å². The van der Waals surface area contributed by atoms with Crippen molar-refractivity contribution in [2.45, 2.75) is 69.4 Å². The highest BCUT2D eigenvalue weighted by atomic mass is 35.5. The van der Waals surface area contributed by atoms with E-state index in [4.69, 9.17) is 16.3 Å². The molecule has 2 N–H and O–H groups in total. The number of ether oxygens (including phenoxy) is 1. The van der Waals surface area contributed by atoms with Crippen molar-refractivity contribution < 1.29 is 17.9 Å². The summed E-state index contributed by atoms with van der Waals surface area (Å²) in [5.74, 6) is 0.116. The quantitative estimate of drug-likeness (QED) is 0.685. The second-order valence-corrected chi connectivity index (χ2v) is 8.69. The second kappa shape index (κ2) is 9.58. The Labute approximate surface area is 160 Å². The van der Waals surface area contributed by atoms with Crippen molar-refractivity contribution in [1.82, 2.24) is 10.0 Å². The first-order chi connectivity index (χ1) is 12.3. The van der Waals surface area contributed by atoms with E-state index in [1.54, 1.807) is 6.92 Å². The first-order valence-corrected chi connectivity index (χ1v) is 10.9. The average molecular weight is 403 g/mol.